The monoisotopic (exact) mass is 395 g/mol. The van der Waals surface area contributed by atoms with Gasteiger partial charge in [-0.2, -0.15) is 13.2 Å². The number of halogens is 3. The largest absolute Gasteiger partial charge is 0.416 e. The molecule has 3 aromatic carbocycles. The second kappa shape index (κ2) is 7.35. The van der Waals surface area contributed by atoms with E-state index in [-0.39, 0.29) is 5.69 Å². The first-order valence-electron chi connectivity index (χ1n) is 8.82. The van der Waals surface area contributed by atoms with Gasteiger partial charge in [0.15, 0.2) is 0 Å². The molecule has 0 unspecified atom stereocenters. The molecule has 0 aliphatic carbocycles. The minimum absolute atomic E-state index is 0.264. The normalized spacial score (nSPS) is 11.4. The Morgan fingerprint density at radius 2 is 1.52 bits per heavy atom. The molecule has 1 aromatic heterocycles. The molecule has 4 nitrogen and oxygen atoms in total. The van der Waals surface area contributed by atoms with E-state index in [4.69, 9.17) is 0 Å². The molecule has 0 bridgehead atoms. The lowest BCUT2D eigenvalue weighted by atomic mass is 10.0. The number of carbonyl (C=O) groups is 1. The summed E-state index contributed by atoms with van der Waals surface area (Å²) in [4.78, 5) is 15.5. The molecule has 0 fully saturated rings. The van der Waals surface area contributed by atoms with Crippen LogP contribution in [0.15, 0.2) is 79.0 Å². The molecule has 7 heteroatoms. The fourth-order valence-corrected chi connectivity index (χ4v) is 3.13. The number of aromatic amines is 1. The van der Waals surface area contributed by atoms with E-state index in [1.165, 1.54) is 12.1 Å². The molecule has 3 N–H and O–H groups in total. The summed E-state index contributed by atoms with van der Waals surface area (Å²) in [6.07, 6.45) is -2.59. The third-order valence-electron chi connectivity index (χ3n) is 4.48. The molecule has 0 aliphatic rings. The van der Waals surface area contributed by atoms with E-state index in [9.17, 15) is 18.0 Å². The average molecular weight is 395 g/mol. The van der Waals surface area contributed by atoms with Crippen LogP contribution in [-0.2, 0) is 6.18 Å². The van der Waals surface area contributed by atoms with Crippen molar-refractivity contribution in [3.63, 3.8) is 0 Å². The van der Waals surface area contributed by atoms with Gasteiger partial charge in [0, 0.05) is 28.5 Å². The van der Waals surface area contributed by atoms with Gasteiger partial charge >= 0.3 is 12.2 Å². The topological polar surface area (TPSA) is 56.9 Å². The molecule has 1 heterocycles. The van der Waals surface area contributed by atoms with E-state index in [1.54, 1.807) is 6.07 Å². The summed E-state index contributed by atoms with van der Waals surface area (Å²) < 4.78 is 37.9. The molecular weight excluding hydrogens is 379 g/mol. The van der Waals surface area contributed by atoms with Crippen molar-refractivity contribution in [1.82, 2.24) is 4.98 Å². The van der Waals surface area contributed by atoms with Crippen LogP contribution in [0.5, 0.6) is 0 Å². The fourth-order valence-electron chi connectivity index (χ4n) is 3.13. The molecule has 146 valence electrons. The van der Waals surface area contributed by atoms with Crippen LogP contribution in [0.25, 0.3) is 22.0 Å². The van der Waals surface area contributed by atoms with Crippen molar-refractivity contribution < 1.29 is 18.0 Å². The molecule has 4 aromatic rings. The Labute approximate surface area is 164 Å². The smallest absolute Gasteiger partial charge is 0.361 e. The minimum atomic E-state index is -4.42. The Kier molecular flexibility index (Phi) is 4.72. The van der Waals surface area contributed by atoms with Crippen LogP contribution < -0.4 is 10.6 Å². The molecule has 0 spiro atoms. The predicted octanol–water partition coefficient (Wildman–Crippen LogP) is 6.50. The van der Waals surface area contributed by atoms with Crippen LogP contribution in [0.4, 0.5) is 29.3 Å². The Hall–Kier alpha value is -3.74. The van der Waals surface area contributed by atoms with E-state index >= 15 is 0 Å². The minimum Gasteiger partial charge on any atom is -0.361 e. The van der Waals surface area contributed by atoms with Gasteiger partial charge in [-0.3, -0.25) is 0 Å². The number of benzene rings is 3. The van der Waals surface area contributed by atoms with Crippen LogP contribution in [-0.4, -0.2) is 11.0 Å². The highest BCUT2D eigenvalue weighted by Gasteiger charge is 2.30. The van der Waals surface area contributed by atoms with Gasteiger partial charge < -0.3 is 15.6 Å². The fraction of sp³-hybridized carbons (Fsp3) is 0.0455. The molecule has 0 atom stereocenters. The quantitative estimate of drug-likeness (QED) is 0.364. The number of amides is 2. The number of anilines is 2. The lowest BCUT2D eigenvalue weighted by Crippen LogP contribution is -2.19. The predicted molar refractivity (Wildman–Crippen MR) is 108 cm³/mol. The maximum absolute atomic E-state index is 12.6. The number of rotatable bonds is 3. The average Bonchev–Trinajstić information content (AvgIpc) is 3.16. The molecule has 29 heavy (non-hydrogen) atoms. The standard InChI is InChI=1S/C22H16F3N3O/c23-22(24,25)15-6-8-16(9-7-15)27-21(29)28-17-12-19(14-4-2-1-3-5-14)18-10-11-26-20(18)13-17/h1-13,26H,(H2,27,28,29). The van der Waals surface area contributed by atoms with Gasteiger partial charge in [0.05, 0.1) is 5.56 Å². The van der Waals surface area contributed by atoms with Gasteiger partial charge in [0.2, 0.25) is 0 Å². The van der Waals surface area contributed by atoms with Gasteiger partial charge in [0.25, 0.3) is 0 Å². The van der Waals surface area contributed by atoms with E-state index < -0.39 is 17.8 Å². The molecule has 0 saturated heterocycles. The van der Waals surface area contributed by atoms with Crippen LogP contribution in [0.3, 0.4) is 0 Å². The van der Waals surface area contributed by atoms with Crippen LogP contribution in [0.2, 0.25) is 0 Å². The Morgan fingerprint density at radius 1 is 0.828 bits per heavy atom. The third-order valence-corrected chi connectivity index (χ3v) is 4.48. The van der Waals surface area contributed by atoms with Crippen LogP contribution >= 0.6 is 0 Å². The van der Waals surface area contributed by atoms with E-state index in [0.717, 1.165) is 34.2 Å². The second-order valence-electron chi connectivity index (χ2n) is 6.48. The van der Waals surface area contributed by atoms with Crippen LogP contribution in [0.1, 0.15) is 5.56 Å². The number of alkyl halides is 3. The highest BCUT2D eigenvalue weighted by molar-refractivity contribution is 6.04. The highest BCUT2D eigenvalue weighted by atomic mass is 19.4. The number of carbonyl (C=O) groups excluding carboxylic acids is 1. The van der Waals surface area contributed by atoms with Gasteiger partial charge in [-0.05, 0) is 53.6 Å². The Bertz CT molecular complexity index is 1150. The van der Waals surface area contributed by atoms with Gasteiger partial charge in [-0.15, -0.1) is 0 Å². The lowest BCUT2D eigenvalue weighted by molar-refractivity contribution is -0.137. The van der Waals surface area contributed by atoms with E-state index in [1.807, 2.05) is 48.7 Å². The Morgan fingerprint density at radius 3 is 2.21 bits per heavy atom. The summed E-state index contributed by atoms with van der Waals surface area (Å²) >= 11 is 0. The SMILES string of the molecule is O=C(Nc1ccc(C(F)(F)F)cc1)Nc1cc(-c2ccccc2)c2cc[nH]c2c1. The number of H-pyrrole nitrogens is 1. The number of urea groups is 1. The van der Waals surface area contributed by atoms with Crippen molar-refractivity contribution in [2.45, 2.75) is 6.18 Å². The van der Waals surface area contributed by atoms with Crippen molar-refractivity contribution in [1.29, 1.82) is 0 Å². The summed E-state index contributed by atoms with van der Waals surface area (Å²) in [5.41, 5.74) is 2.87. The molecule has 0 radical (unpaired) electrons. The number of hydrogen-bond donors (Lipinski definition) is 3. The van der Waals surface area contributed by atoms with Crippen molar-refractivity contribution in [2.24, 2.45) is 0 Å². The first-order valence-corrected chi connectivity index (χ1v) is 8.82. The number of aromatic nitrogens is 1. The molecule has 0 saturated carbocycles. The summed E-state index contributed by atoms with van der Waals surface area (Å²) in [5, 5.41) is 6.30. The summed E-state index contributed by atoms with van der Waals surface area (Å²) in [6, 6.07) is 19.1. The number of fused-ring (bicyclic) bond motifs is 1. The first kappa shape index (κ1) is 18.6. The summed E-state index contributed by atoms with van der Waals surface area (Å²) in [6.45, 7) is 0. The highest BCUT2D eigenvalue weighted by Crippen LogP contribution is 2.32. The number of nitrogens with one attached hydrogen (secondary N) is 3. The molecular formula is C22H16F3N3O. The molecule has 4 rings (SSSR count). The van der Waals surface area contributed by atoms with Crippen molar-refractivity contribution in [3.8, 4) is 11.1 Å². The Balaban J connectivity index is 1.55. The van der Waals surface area contributed by atoms with Crippen molar-refractivity contribution >= 4 is 28.3 Å². The summed E-state index contributed by atoms with van der Waals surface area (Å²) in [5.74, 6) is 0. The number of hydrogen-bond acceptors (Lipinski definition) is 1. The zero-order valence-electron chi connectivity index (χ0n) is 15.0. The van der Waals surface area contributed by atoms with E-state index in [2.05, 4.69) is 15.6 Å². The molecule has 2 amide bonds. The zero-order valence-corrected chi connectivity index (χ0v) is 15.0. The lowest BCUT2D eigenvalue weighted by Gasteiger charge is -2.12. The van der Waals surface area contributed by atoms with Crippen LogP contribution in [0, 0.1) is 0 Å². The van der Waals surface area contributed by atoms with Crippen molar-refractivity contribution in [3.05, 3.63) is 84.6 Å². The van der Waals surface area contributed by atoms with Gasteiger partial charge in [0.1, 0.15) is 0 Å². The van der Waals surface area contributed by atoms with Gasteiger partial charge in [-0.1, -0.05) is 30.3 Å². The zero-order chi connectivity index (χ0) is 20.4. The second-order valence-corrected chi connectivity index (χ2v) is 6.48. The van der Waals surface area contributed by atoms with Gasteiger partial charge in [-0.25, -0.2) is 4.79 Å². The first-order chi connectivity index (χ1) is 13.9. The summed E-state index contributed by atoms with van der Waals surface area (Å²) in [7, 11) is 0. The van der Waals surface area contributed by atoms with Crippen molar-refractivity contribution in [2.75, 3.05) is 10.6 Å². The third kappa shape index (κ3) is 4.08. The maximum atomic E-state index is 12.6. The molecule has 0 aliphatic heterocycles. The maximum Gasteiger partial charge on any atom is 0.416 e. The van der Waals surface area contributed by atoms with E-state index in [0.29, 0.717) is 5.69 Å².